The zero-order valence-electron chi connectivity index (χ0n) is 8.00. The van der Waals surface area contributed by atoms with Gasteiger partial charge in [0.05, 0.1) is 4.92 Å². The predicted molar refractivity (Wildman–Crippen MR) is 56.9 cm³/mol. The van der Waals surface area contributed by atoms with Crippen molar-refractivity contribution in [2.45, 2.75) is 19.8 Å². The lowest BCUT2D eigenvalue weighted by molar-refractivity contribution is -0.385. The Hall–Kier alpha value is -1.09. The van der Waals surface area contributed by atoms with E-state index in [1.54, 1.807) is 19.1 Å². The Kier molecular flexibility index (Phi) is 3.89. The zero-order chi connectivity index (χ0) is 10.6. The lowest BCUT2D eigenvalue weighted by Gasteiger charge is -2.01. The van der Waals surface area contributed by atoms with Gasteiger partial charge in [-0.25, -0.2) is 0 Å². The molecule has 4 heteroatoms. The van der Waals surface area contributed by atoms with Crippen LogP contribution < -0.4 is 0 Å². The molecule has 0 unspecified atom stereocenters. The second-order valence-electron chi connectivity index (χ2n) is 3.17. The predicted octanol–water partition coefficient (Wildman–Crippen LogP) is 3.07. The summed E-state index contributed by atoms with van der Waals surface area (Å²) in [7, 11) is 0. The van der Waals surface area contributed by atoms with E-state index in [2.05, 4.69) is 0 Å². The first kappa shape index (κ1) is 11.0. The molecule has 3 nitrogen and oxygen atoms in total. The van der Waals surface area contributed by atoms with Crippen molar-refractivity contribution in [3.8, 4) is 0 Å². The number of nitro benzene ring substituents is 1. The summed E-state index contributed by atoms with van der Waals surface area (Å²) >= 11 is 5.55. The Morgan fingerprint density at radius 2 is 2.21 bits per heavy atom. The standard InChI is InChI=1S/C10H12ClNO2/c1-8-4-5-9(3-2-6-11)7-10(8)12(13)14/h4-5,7H,2-3,6H2,1H3. The summed E-state index contributed by atoms with van der Waals surface area (Å²) < 4.78 is 0. The summed E-state index contributed by atoms with van der Waals surface area (Å²) in [5.41, 5.74) is 1.87. The minimum atomic E-state index is -0.348. The van der Waals surface area contributed by atoms with Gasteiger partial charge in [0.2, 0.25) is 0 Å². The molecule has 1 aromatic carbocycles. The number of halogens is 1. The molecule has 14 heavy (non-hydrogen) atoms. The third-order valence-electron chi connectivity index (χ3n) is 2.07. The maximum absolute atomic E-state index is 10.6. The van der Waals surface area contributed by atoms with Crippen LogP contribution in [0.5, 0.6) is 0 Å². The van der Waals surface area contributed by atoms with Gasteiger partial charge >= 0.3 is 0 Å². The summed E-state index contributed by atoms with van der Waals surface area (Å²) in [4.78, 5) is 10.3. The van der Waals surface area contributed by atoms with E-state index in [0.717, 1.165) is 18.4 Å². The topological polar surface area (TPSA) is 43.1 Å². The molecule has 0 aromatic heterocycles. The number of hydrogen-bond donors (Lipinski definition) is 0. The molecule has 0 amide bonds. The van der Waals surface area contributed by atoms with Crippen LogP contribution in [-0.4, -0.2) is 10.8 Å². The third-order valence-corrected chi connectivity index (χ3v) is 2.34. The Bertz CT molecular complexity index is 339. The molecule has 0 bridgehead atoms. The second-order valence-corrected chi connectivity index (χ2v) is 3.55. The lowest BCUT2D eigenvalue weighted by atomic mass is 10.1. The summed E-state index contributed by atoms with van der Waals surface area (Å²) in [5.74, 6) is 0.585. The normalized spacial score (nSPS) is 10.1. The van der Waals surface area contributed by atoms with E-state index in [4.69, 9.17) is 11.6 Å². The molecular weight excluding hydrogens is 202 g/mol. The highest BCUT2D eigenvalue weighted by Crippen LogP contribution is 2.19. The number of rotatable bonds is 4. The van der Waals surface area contributed by atoms with E-state index >= 15 is 0 Å². The average molecular weight is 214 g/mol. The highest BCUT2D eigenvalue weighted by atomic mass is 35.5. The first-order chi connectivity index (χ1) is 6.65. The number of hydrogen-bond acceptors (Lipinski definition) is 2. The molecule has 1 rings (SSSR count). The van der Waals surface area contributed by atoms with Gasteiger partial charge in [-0.15, -0.1) is 11.6 Å². The smallest absolute Gasteiger partial charge is 0.258 e. The third kappa shape index (κ3) is 2.70. The Morgan fingerprint density at radius 3 is 2.79 bits per heavy atom. The van der Waals surface area contributed by atoms with Gasteiger partial charge in [0.1, 0.15) is 0 Å². The molecule has 0 aliphatic heterocycles. The van der Waals surface area contributed by atoms with Gasteiger partial charge in [0, 0.05) is 17.5 Å². The summed E-state index contributed by atoms with van der Waals surface area (Å²) in [6.07, 6.45) is 1.65. The van der Waals surface area contributed by atoms with Gasteiger partial charge in [-0.2, -0.15) is 0 Å². The second kappa shape index (κ2) is 4.96. The molecule has 0 fully saturated rings. The molecule has 0 saturated heterocycles. The molecule has 0 aliphatic carbocycles. The number of nitro groups is 1. The Morgan fingerprint density at radius 1 is 1.50 bits per heavy atom. The minimum Gasteiger partial charge on any atom is -0.258 e. The maximum Gasteiger partial charge on any atom is 0.272 e. The fraction of sp³-hybridized carbons (Fsp3) is 0.400. The van der Waals surface area contributed by atoms with Crippen molar-refractivity contribution < 1.29 is 4.92 Å². The number of nitrogens with zero attached hydrogens (tertiary/aromatic N) is 1. The molecule has 0 heterocycles. The molecular formula is C10H12ClNO2. The van der Waals surface area contributed by atoms with Gasteiger partial charge in [-0.3, -0.25) is 10.1 Å². The van der Waals surface area contributed by atoms with Crippen LogP contribution in [0.3, 0.4) is 0 Å². The minimum absolute atomic E-state index is 0.192. The molecule has 76 valence electrons. The zero-order valence-corrected chi connectivity index (χ0v) is 8.75. The first-order valence-corrected chi connectivity index (χ1v) is 4.98. The first-order valence-electron chi connectivity index (χ1n) is 4.45. The van der Waals surface area contributed by atoms with Crippen molar-refractivity contribution in [1.29, 1.82) is 0 Å². The van der Waals surface area contributed by atoms with Crippen LogP contribution in [0.1, 0.15) is 17.5 Å². The van der Waals surface area contributed by atoms with Gasteiger partial charge in [0.15, 0.2) is 0 Å². The van der Waals surface area contributed by atoms with Crippen molar-refractivity contribution in [2.24, 2.45) is 0 Å². The Labute approximate surface area is 87.8 Å². The largest absolute Gasteiger partial charge is 0.272 e. The summed E-state index contributed by atoms with van der Waals surface area (Å²) in [6, 6.07) is 5.32. The molecule has 0 radical (unpaired) electrons. The van der Waals surface area contributed by atoms with Crippen LogP contribution >= 0.6 is 11.6 Å². The van der Waals surface area contributed by atoms with Crippen molar-refractivity contribution in [3.05, 3.63) is 39.4 Å². The van der Waals surface area contributed by atoms with Gasteiger partial charge in [0.25, 0.3) is 5.69 Å². The van der Waals surface area contributed by atoms with Crippen molar-refractivity contribution in [1.82, 2.24) is 0 Å². The van der Waals surface area contributed by atoms with Crippen LogP contribution in [-0.2, 0) is 6.42 Å². The van der Waals surface area contributed by atoms with E-state index in [9.17, 15) is 10.1 Å². The van der Waals surface area contributed by atoms with Crippen LogP contribution in [0.25, 0.3) is 0 Å². The van der Waals surface area contributed by atoms with E-state index < -0.39 is 0 Å². The van der Waals surface area contributed by atoms with E-state index in [-0.39, 0.29) is 10.6 Å². The Balaban J connectivity index is 2.89. The van der Waals surface area contributed by atoms with Crippen LogP contribution in [0, 0.1) is 17.0 Å². The van der Waals surface area contributed by atoms with E-state index in [1.165, 1.54) is 0 Å². The number of alkyl halides is 1. The van der Waals surface area contributed by atoms with Gasteiger partial charge < -0.3 is 0 Å². The molecule has 0 aliphatic rings. The van der Waals surface area contributed by atoms with Gasteiger partial charge in [-0.05, 0) is 25.3 Å². The SMILES string of the molecule is Cc1ccc(CCCCl)cc1[N+](=O)[O-]. The van der Waals surface area contributed by atoms with Crippen LogP contribution in [0.4, 0.5) is 5.69 Å². The van der Waals surface area contributed by atoms with Crippen LogP contribution in [0.15, 0.2) is 18.2 Å². The molecule has 0 spiro atoms. The van der Waals surface area contributed by atoms with Crippen molar-refractivity contribution in [3.63, 3.8) is 0 Å². The lowest BCUT2D eigenvalue weighted by Crippen LogP contribution is -1.94. The summed E-state index contributed by atoms with van der Waals surface area (Å²) in [5, 5.41) is 10.6. The fourth-order valence-electron chi connectivity index (χ4n) is 1.28. The molecule has 0 atom stereocenters. The maximum atomic E-state index is 10.6. The highest BCUT2D eigenvalue weighted by Gasteiger charge is 2.10. The number of aryl methyl sites for hydroxylation is 2. The van der Waals surface area contributed by atoms with Crippen molar-refractivity contribution >= 4 is 17.3 Å². The summed E-state index contributed by atoms with van der Waals surface area (Å²) in [6.45, 7) is 1.74. The average Bonchev–Trinajstić information content (AvgIpc) is 2.16. The van der Waals surface area contributed by atoms with E-state index in [1.807, 2.05) is 6.07 Å². The fourth-order valence-corrected chi connectivity index (χ4v) is 1.41. The number of benzene rings is 1. The molecule has 1 aromatic rings. The van der Waals surface area contributed by atoms with Gasteiger partial charge in [-0.1, -0.05) is 12.1 Å². The molecule has 0 N–H and O–H groups in total. The van der Waals surface area contributed by atoms with Crippen LogP contribution in [0.2, 0.25) is 0 Å². The molecule has 0 saturated carbocycles. The monoisotopic (exact) mass is 213 g/mol. The highest BCUT2D eigenvalue weighted by molar-refractivity contribution is 6.17. The van der Waals surface area contributed by atoms with Crippen molar-refractivity contribution in [2.75, 3.05) is 5.88 Å². The van der Waals surface area contributed by atoms with E-state index in [0.29, 0.717) is 11.4 Å². The quantitative estimate of drug-likeness (QED) is 0.438.